The number of fused-ring (bicyclic) bond motifs is 1. The maximum atomic E-state index is 13.0. The van der Waals surface area contributed by atoms with E-state index in [1.807, 2.05) is 19.1 Å². The number of benzene rings is 1. The van der Waals surface area contributed by atoms with E-state index >= 15 is 0 Å². The van der Waals surface area contributed by atoms with E-state index in [9.17, 15) is 14.4 Å². The summed E-state index contributed by atoms with van der Waals surface area (Å²) in [6.07, 6.45) is 6.13. The topological polar surface area (TPSA) is 60.4 Å². The van der Waals surface area contributed by atoms with Gasteiger partial charge in [0.1, 0.15) is 11.5 Å². The average Bonchev–Trinajstić information content (AvgIpc) is 2.93. The zero-order valence-corrected chi connectivity index (χ0v) is 17.3. The Labute approximate surface area is 163 Å². The number of ketones is 3. The Morgan fingerprint density at radius 2 is 1.89 bits per heavy atom. The SMILES string of the molecule is C=CC(C)=O.CCCCC1(CCC(C)=O)Cc2c(ccc(OC)c2C)C1=O. The van der Waals surface area contributed by atoms with Gasteiger partial charge in [0.2, 0.25) is 0 Å². The third kappa shape index (κ3) is 5.62. The van der Waals surface area contributed by atoms with Gasteiger partial charge in [0.25, 0.3) is 0 Å². The predicted molar refractivity (Wildman–Crippen MR) is 109 cm³/mol. The van der Waals surface area contributed by atoms with E-state index in [-0.39, 0.29) is 22.8 Å². The quantitative estimate of drug-likeness (QED) is 0.599. The summed E-state index contributed by atoms with van der Waals surface area (Å²) in [5, 5.41) is 0. The molecule has 1 aliphatic carbocycles. The molecular formula is C23H32O4. The van der Waals surface area contributed by atoms with Gasteiger partial charge in [-0.1, -0.05) is 26.3 Å². The molecule has 1 atom stereocenters. The second-order valence-corrected chi connectivity index (χ2v) is 7.33. The standard InChI is InChI=1S/C19H26O3.C4H6O/c1-5-6-10-19(11-9-13(2)20)12-16-14(3)17(22-4)8-7-15(16)18(19)21;1-3-4(2)5/h7-8H,5-6,9-12H2,1-4H3;3H,1H2,2H3. The molecule has 0 spiro atoms. The fourth-order valence-electron chi connectivity index (χ4n) is 3.56. The Morgan fingerprint density at radius 3 is 2.37 bits per heavy atom. The lowest BCUT2D eigenvalue weighted by atomic mass is 9.75. The summed E-state index contributed by atoms with van der Waals surface area (Å²) in [7, 11) is 1.66. The molecule has 0 heterocycles. The molecule has 0 fully saturated rings. The van der Waals surface area contributed by atoms with E-state index in [1.165, 1.54) is 13.0 Å². The average molecular weight is 373 g/mol. The van der Waals surface area contributed by atoms with Gasteiger partial charge in [-0.25, -0.2) is 0 Å². The minimum absolute atomic E-state index is 0.0185. The molecule has 0 saturated carbocycles. The van der Waals surface area contributed by atoms with Crippen molar-refractivity contribution in [2.75, 3.05) is 7.11 Å². The third-order valence-corrected chi connectivity index (χ3v) is 5.26. The molecule has 0 amide bonds. The fraction of sp³-hybridized carbons (Fsp3) is 0.522. The highest BCUT2D eigenvalue weighted by molar-refractivity contribution is 6.05. The van der Waals surface area contributed by atoms with Crippen LogP contribution < -0.4 is 4.74 Å². The summed E-state index contributed by atoms with van der Waals surface area (Å²) in [5.41, 5.74) is 2.62. The van der Waals surface area contributed by atoms with Crippen LogP contribution in [0.25, 0.3) is 0 Å². The fourth-order valence-corrected chi connectivity index (χ4v) is 3.56. The van der Waals surface area contributed by atoms with Crippen LogP contribution >= 0.6 is 0 Å². The lowest BCUT2D eigenvalue weighted by molar-refractivity contribution is -0.117. The molecule has 1 unspecified atom stereocenters. The van der Waals surface area contributed by atoms with Crippen LogP contribution in [0.15, 0.2) is 24.8 Å². The summed E-state index contributed by atoms with van der Waals surface area (Å²) in [4.78, 5) is 34.2. The number of hydrogen-bond acceptors (Lipinski definition) is 4. The Kier molecular flexibility index (Phi) is 8.61. The first kappa shape index (κ1) is 22.8. The number of allylic oxidation sites excluding steroid dienone is 1. The summed E-state index contributed by atoms with van der Waals surface area (Å²) >= 11 is 0. The van der Waals surface area contributed by atoms with Crippen LogP contribution in [-0.4, -0.2) is 24.5 Å². The first-order chi connectivity index (χ1) is 12.7. The van der Waals surface area contributed by atoms with Crippen molar-refractivity contribution >= 4 is 17.3 Å². The first-order valence-corrected chi connectivity index (χ1v) is 9.56. The van der Waals surface area contributed by atoms with Crippen LogP contribution in [0.2, 0.25) is 0 Å². The van der Waals surface area contributed by atoms with Crippen LogP contribution in [0.4, 0.5) is 0 Å². The smallest absolute Gasteiger partial charge is 0.169 e. The summed E-state index contributed by atoms with van der Waals surface area (Å²) < 4.78 is 5.39. The van der Waals surface area contributed by atoms with Crippen molar-refractivity contribution in [1.29, 1.82) is 0 Å². The Balaban J connectivity index is 0.000000646. The van der Waals surface area contributed by atoms with E-state index in [2.05, 4.69) is 13.5 Å². The van der Waals surface area contributed by atoms with Crippen LogP contribution in [0.5, 0.6) is 5.75 Å². The summed E-state index contributed by atoms with van der Waals surface area (Å²) in [6, 6.07) is 3.78. The van der Waals surface area contributed by atoms with Gasteiger partial charge < -0.3 is 9.53 Å². The van der Waals surface area contributed by atoms with Crippen molar-refractivity contribution in [3.8, 4) is 5.75 Å². The van der Waals surface area contributed by atoms with Crippen LogP contribution in [0, 0.1) is 12.3 Å². The van der Waals surface area contributed by atoms with Gasteiger partial charge in [-0.3, -0.25) is 9.59 Å². The molecule has 0 radical (unpaired) electrons. The Bertz CT molecular complexity index is 717. The first-order valence-electron chi connectivity index (χ1n) is 9.56. The van der Waals surface area contributed by atoms with Crippen LogP contribution in [-0.2, 0) is 16.0 Å². The molecule has 4 nitrogen and oxygen atoms in total. The lowest BCUT2D eigenvalue weighted by Crippen LogP contribution is -2.29. The molecule has 148 valence electrons. The molecule has 0 aliphatic heterocycles. The van der Waals surface area contributed by atoms with Crippen molar-refractivity contribution in [2.45, 2.75) is 66.2 Å². The third-order valence-electron chi connectivity index (χ3n) is 5.26. The van der Waals surface area contributed by atoms with Gasteiger partial charge in [-0.05, 0) is 69.4 Å². The largest absolute Gasteiger partial charge is 0.496 e. The van der Waals surface area contributed by atoms with E-state index < -0.39 is 0 Å². The highest BCUT2D eigenvalue weighted by Gasteiger charge is 2.45. The number of ether oxygens (including phenoxy) is 1. The van der Waals surface area contributed by atoms with Crippen molar-refractivity contribution < 1.29 is 19.1 Å². The molecule has 2 rings (SSSR count). The molecule has 0 aromatic heterocycles. The normalized spacial score (nSPS) is 17.6. The molecule has 0 bridgehead atoms. The summed E-state index contributed by atoms with van der Waals surface area (Å²) in [5.74, 6) is 1.24. The number of methoxy groups -OCH3 is 1. The van der Waals surface area contributed by atoms with Gasteiger partial charge in [0.05, 0.1) is 7.11 Å². The van der Waals surface area contributed by atoms with E-state index in [4.69, 9.17) is 4.74 Å². The van der Waals surface area contributed by atoms with Crippen molar-refractivity contribution in [2.24, 2.45) is 5.41 Å². The van der Waals surface area contributed by atoms with Crippen LogP contribution in [0.3, 0.4) is 0 Å². The van der Waals surface area contributed by atoms with Gasteiger partial charge in [-0.15, -0.1) is 0 Å². The zero-order valence-electron chi connectivity index (χ0n) is 17.3. The van der Waals surface area contributed by atoms with Gasteiger partial charge >= 0.3 is 0 Å². The van der Waals surface area contributed by atoms with Crippen LogP contribution in [0.1, 0.15) is 74.4 Å². The maximum Gasteiger partial charge on any atom is 0.169 e. The second-order valence-electron chi connectivity index (χ2n) is 7.33. The minimum atomic E-state index is -0.388. The highest BCUT2D eigenvalue weighted by Crippen LogP contribution is 2.46. The molecule has 1 aromatic carbocycles. The number of rotatable bonds is 8. The van der Waals surface area contributed by atoms with Gasteiger partial charge in [-0.2, -0.15) is 0 Å². The number of carbonyl (C=O) groups excluding carboxylic acids is 3. The number of Topliss-reactive ketones (excluding diaryl/α,β-unsaturated/α-hetero) is 2. The van der Waals surface area contributed by atoms with Crippen molar-refractivity contribution in [1.82, 2.24) is 0 Å². The molecule has 0 saturated heterocycles. The maximum absolute atomic E-state index is 13.0. The molecule has 1 aromatic rings. The van der Waals surface area contributed by atoms with Crippen molar-refractivity contribution in [3.05, 3.63) is 41.5 Å². The lowest BCUT2D eigenvalue weighted by Gasteiger charge is -2.27. The number of hydrogen-bond donors (Lipinski definition) is 0. The number of unbranched alkanes of at least 4 members (excludes halogenated alkanes) is 1. The molecule has 27 heavy (non-hydrogen) atoms. The monoisotopic (exact) mass is 372 g/mol. The highest BCUT2D eigenvalue weighted by atomic mass is 16.5. The summed E-state index contributed by atoms with van der Waals surface area (Å²) in [6.45, 7) is 10.4. The van der Waals surface area contributed by atoms with E-state index in [0.717, 1.165) is 48.1 Å². The van der Waals surface area contributed by atoms with E-state index in [0.29, 0.717) is 12.8 Å². The second kappa shape index (κ2) is 10.2. The van der Waals surface area contributed by atoms with E-state index in [1.54, 1.807) is 14.0 Å². The molecule has 1 aliphatic rings. The zero-order chi connectivity index (χ0) is 20.6. The molecule has 0 N–H and O–H groups in total. The van der Waals surface area contributed by atoms with Gasteiger partial charge in [0.15, 0.2) is 11.6 Å². The minimum Gasteiger partial charge on any atom is -0.496 e. The number of carbonyl (C=O) groups is 3. The van der Waals surface area contributed by atoms with Gasteiger partial charge in [0, 0.05) is 17.4 Å². The Hall–Kier alpha value is -2.23. The molecule has 4 heteroatoms. The Morgan fingerprint density at radius 1 is 1.26 bits per heavy atom. The van der Waals surface area contributed by atoms with Crippen molar-refractivity contribution in [3.63, 3.8) is 0 Å². The predicted octanol–water partition coefficient (Wildman–Crippen LogP) is 5.05. The molecular weight excluding hydrogens is 340 g/mol.